The highest BCUT2D eigenvalue weighted by atomic mass is 16.4. The molecule has 0 rings (SSSR count). The van der Waals surface area contributed by atoms with Crippen molar-refractivity contribution in [1.29, 1.82) is 0 Å². The number of likely N-dealkylation sites (N-methyl/N-ethyl adjacent to an activating group) is 1. The van der Waals surface area contributed by atoms with Gasteiger partial charge in [-0.1, -0.05) is 20.8 Å². The number of nitrogens with one attached hydrogen (secondary N) is 2. The standard InChI is InChI=1S/C13H27N3O3/c1-5-11(8-12(17)18)15-13(19)14-10(4)9-16(6-2)7-3/h10-11H,5-9H2,1-4H3,(H,17,18)(H2,14,15,19). The average molecular weight is 273 g/mol. The number of hydrogen-bond donors (Lipinski definition) is 3. The van der Waals surface area contributed by atoms with Gasteiger partial charge < -0.3 is 20.6 Å². The number of aliphatic carboxylic acids is 1. The highest BCUT2D eigenvalue weighted by Gasteiger charge is 2.15. The zero-order valence-corrected chi connectivity index (χ0v) is 12.4. The van der Waals surface area contributed by atoms with Gasteiger partial charge in [-0.05, 0) is 26.4 Å². The molecular weight excluding hydrogens is 246 g/mol. The third kappa shape index (κ3) is 8.42. The minimum absolute atomic E-state index is 0.0298. The minimum Gasteiger partial charge on any atom is -0.481 e. The van der Waals surface area contributed by atoms with E-state index in [-0.39, 0.29) is 24.5 Å². The first kappa shape index (κ1) is 17.7. The molecular formula is C13H27N3O3. The lowest BCUT2D eigenvalue weighted by Gasteiger charge is -2.24. The topological polar surface area (TPSA) is 81.7 Å². The first-order chi connectivity index (χ1) is 8.92. The number of urea groups is 1. The van der Waals surface area contributed by atoms with Gasteiger partial charge in [-0.2, -0.15) is 0 Å². The summed E-state index contributed by atoms with van der Waals surface area (Å²) in [6.45, 7) is 10.6. The molecule has 0 aliphatic heterocycles. The Labute approximate surface area is 115 Å². The molecule has 2 amide bonds. The molecule has 2 atom stereocenters. The monoisotopic (exact) mass is 273 g/mol. The molecule has 2 unspecified atom stereocenters. The Bertz CT molecular complexity index is 280. The fourth-order valence-corrected chi connectivity index (χ4v) is 1.87. The lowest BCUT2D eigenvalue weighted by Crippen LogP contribution is -2.49. The predicted molar refractivity (Wildman–Crippen MR) is 75.2 cm³/mol. The number of carbonyl (C=O) groups excluding carboxylic acids is 1. The van der Waals surface area contributed by atoms with Crippen molar-refractivity contribution in [1.82, 2.24) is 15.5 Å². The van der Waals surface area contributed by atoms with Crippen molar-refractivity contribution in [2.45, 2.75) is 52.6 Å². The Morgan fingerprint density at radius 1 is 1.16 bits per heavy atom. The fourth-order valence-electron chi connectivity index (χ4n) is 1.87. The predicted octanol–water partition coefficient (Wildman–Crippen LogP) is 1.27. The van der Waals surface area contributed by atoms with Crippen molar-refractivity contribution in [3.8, 4) is 0 Å². The summed E-state index contributed by atoms with van der Waals surface area (Å²) in [5, 5.41) is 14.2. The van der Waals surface area contributed by atoms with Gasteiger partial charge in [0.05, 0.1) is 6.42 Å². The summed E-state index contributed by atoms with van der Waals surface area (Å²) >= 11 is 0. The van der Waals surface area contributed by atoms with Gasteiger partial charge in [-0.25, -0.2) is 4.79 Å². The molecule has 0 saturated carbocycles. The van der Waals surface area contributed by atoms with Gasteiger partial charge >= 0.3 is 12.0 Å². The lowest BCUT2D eigenvalue weighted by molar-refractivity contribution is -0.137. The molecule has 0 bridgehead atoms. The molecule has 0 spiro atoms. The van der Waals surface area contributed by atoms with E-state index < -0.39 is 5.97 Å². The van der Waals surface area contributed by atoms with Gasteiger partial charge in [-0.3, -0.25) is 4.79 Å². The van der Waals surface area contributed by atoms with Crippen molar-refractivity contribution in [2.75, 3.05) is 19.6 Å². The van der Waals surface area contributed by atoms with Crippen molar-refractivity contribution in [2.24, 2.45) is 0 Å². The van der Waals surface area contributed by atoms with Gasteiger partial charge in [0, 0.05) is 18.6 Å². The Kier molecular flexibility index (Phi) is 8.95. The molecule has 0 fully saturated rings. The third-order valence-corrected chi connectivity index (χ3v) is 3.05. The molecule has 0 aromatic heterocycles. The molecule has 0 saturated heterocycles. The van der Waals surface area contributed by atoms with Crippen LogP contribution in [0.2, 0.25) is 0 Å². The largest absolute Gasteiger partial charge is 0.481 e. The Balaban J connectivity index is 4.10. The van der Waals surface area contributed by atoms with Crippen LogP contribution in [0.3, 0.4) is 0 Å². The Morgan fingerprint density at radius 3 is 2.16 bits per heavy atom. The zero-order chi connectivity index (χ0) is 14.8. The summed E-state index contributed by atoms with van der Waals surface area (Å²) in [5.41, 5.74) is 0. The van der Waals surface area contributed by atoms with E-state index in [4.69, 9.17) is 5.11 Å². The molecule has 19 heavy (non-hydrogen) atoms. The van der Waals surface area contributed by atoms with Crippen LogP contribution in [-0.2, 0) is 4.79 Å². The van der Waals surface area contributed by atoms with E-state index in [2.05, 4.69) is 29.4 Å². The van der Waals surface area contributed by atoms with Crippen LogP contribution < -0.4 is 10.6 Å². The van der Waals surface area contributed by atoms with Crippen LogP contribution in [-0.4, -0.2) is 53.7 Å². The van der Waals surface area contributed by atoms with Gasteiger partial charge in [0.25, 0.3) is 0 Å². The maximum atomic E-state index is 11.7. The molecule has 112 valence electrons. The Hall–Kier alpha value is -1.30. The molecule has 0 aromatic rings. The van der Waals surface area contributed by atoms with Crippen molar-refractivity contribution < 1.29 is 14.7 Å². The van der Waals surface area contributed by atoms with E-state index >= 15 is 0 Å². The van der Waals surface area contributed by atoms with E-state index in [9.17, 15) is 9.59 Å². The summed E-state index contributed by atoms with van der Waals surface area (Å²) in [5.74, 6) is -0.900. The number of nitrogens with zero attached hydrogens (tertiary/aromatic N) is 1. The molecule has 0 radical (unpaired) electrons. The summed E-state index contributed by atoms with van der Waals surface area (Å²) in [4.78, 5) is 24.6. The second-order valence-corrected chi connectivity index (χ2v) is 4.71. The van der Waals surface area contributed by atoms with Gasteiger partial charge in [-0.15, -0.1) is 0 Å². The summed E-state index contributed by atoms with van der Waals surface area (Å²) < 4.78 is 0. The summed E-state index contributed by atoms with van der Waals surface area (Å²) in [6.07, 6.45) is 0.554. The van der Waals surface area contributed by atoms with Crippen molar-refractivity contribution >= 4 is 12.0 Å². The molecule has 6 heteroatoms. The van der Waals surface area contributed by atoms with Crippen LogP contribution in [0.1, 0.15) is 40.5 Å². The lowest BCUT2D eigenvalue weighted by atomic mass is 10.1. The van der Waals surface area contributed by atoms with Crippen LogP contribution >= 0.6 is 0 Å². The van der Waals surface area contributed by atoms with Crippen LogP contribution in [0.4, 0.5) is 4.79 Å². The molecule has 0 heterocycles. The zero-order valence-electron chi connectivity index (χ0n) is 12.4. The van der Waals surface area contributed by atoms with Gasteiger partial charge in [0.2, 0.25) is 0 Å². The second kappa shape index (κ2) is 9.61. The maximum absolute atomic E-state index is 11.7. The summed E-state index contributed by atoms with van der Waals surface area (Å²) in [7, 11) is 0. The van der Waals surface area contributed by atoms with E-state index in [1.807, 2.05) is 13.8 Å². The third-order valence-electron chi connectivity index (χ3n) is 3.05. The van der Waals surface area contributed by atoms with Crippen LogP contribution in [0, 0.1) is 0 Å². The second-order valence-electron chi connectivity index (χ2n) is 4.71. The number of carboxylic acids is 1. The number of hydrogen-bond acceptors (Lipinski definition) is 3. The molecule has 0 aromatic carbocycles. The van der Waals surface area contributed by atoms with Gasteiger partial charge in [0.1, 0.15) is 0 Å². The Morgan fingerprint density at radius 2 is 1.74 bits per heavy atom. The van der Waals surface area contributed by atoms with Crippen LogP contribution in [0.25, 0.3) is 0 Å². The van der Waals surface area contributed by atoms with E-state index in [0.717, 1.165) is 19.6 Å². The first-order valence-electron chi connectivity index (χ1n) is 6.93. The first-order valence-corrected chi connectivity index (χ1v) is 6.93. The smallest absolute Gasteiger partial charge is 0.315 e. The van der Waals surface area contributed by atoms with E-state index in [1.54, 1.807) is 0 Å². The number of carboxylic acid groups (broad SMARTS) is 1. The van der Waals surface area contributed by atoms with E-state index in [0.29, 0.717) is 6.42 Å². The highest BCUT2D eigenvalue weighted by Crippen LogP contribution is 1.98. The van der Waals surface area contributed by atoms with Crippen molar-refractivity contribution in [3.05, 3.63) is 0 Å². The number of amides is 2. The maximum Gasteiger partial charge on any atom is 0.315 e. The minimum atomic E-state index is -0.900. The highest BCUT2D eigenvalue weighted by molar-refractivity contribution is 5.75. The van der Waals surface area contributed by atoms with Crippen molar-refractivity contribution in [3.63, 3.8) is 0 Å². The molecule has 3 N–H and O–H groups in total. The SMILES string of the molecule is CCC(CC(=O)O)NC(=O)NC(C)CN(CC)CC. The fraction of sp³-hybridized carbons (Fsp3) is 0.846. The van der Waals surface area contributed by atoms with Crippen LogP contribution in [0.15, 0.2) is 0 Å². The summed E-state index contributed by atoms with van der Waals surface area (Å²) in [6, 6.07) is -0.590. The van der Waals surface area contributed by atoms with E-state index in [1.165, 1.54) is 0 Å². The van der Waals surface area contributed by atoms with Gasteiger partial charge in [0.15, 0.2) is 0 Å². The number of carbonyl (C=O) groups is 2. The quantitative estimate of drug-likeness (QED) is 0.591. The molecule has 0 aliphatic carbocycles. The average Bonchev–Trinajstić information content (AvgIpc) is 2.34. The molecule has 0 aliphatic rings. The normalized spacial score (nSPS) is 13.9. The molecule has 6 nitrogen and oxygen atoms in total. The van der Waals surface area contributed by atoms with Crippen LogP contribution in [0.5, 0.6) is 0 Å². The number of rotatable bonds is 9.